The molecule has 1 aromatic carbocycles. The number of carbonyl (C=O) groups is 1. The summed E-state index contributed by atoms with van der Waals surface area (Å²) in [7, 11) is 1.66. The van der Waals surface area contributed by atoms with Gasteiger partial charge in [0, 0.05) is 25.8 Å². The van der Waals surface area contributed by atoms with E-state index >= 15 is 0 Å². The van der Waals surface area contributed by atoms with Crippen LogP contribution in [-0.4, -0.2) is 48.8 Å². The number of aromatic nitrogens is 2. The zero-order valence-corrected chi connectivity index (χ0v) is 14.9. The third-order valence-electron chi connectivity index (χ3n) is 4.27. The van der Waals surface area contributed by atoms with Crippen LogP contribution in [0.1, 0.15) is 28.9 Å². The Balaban J connectivity index is 1.49. The Morgan fingerprint density at radius 2 is 2.27 bits per heavy atom. The molecule has 1 aliphatic heterocycles. The molecule has 0 aliphatic carbocycles. The summed E-state index contributed by atoms with van der Waals surface area (Å²) in [5.74, 6) is 1.26. The van der Waals surface area contributed by atoms with Gasteiger partial charge in [-0.3, -0.25) is 4.79 Å². The highest BCUT2D eigenvalue weighted by Gasteiger charge is 2.17. The number of benzene rings is 1. The molecule has 1 fully saturated rings. The molecular formula is C19H24N4O3. The third-order valence-corrected chi connectivity index (χ3v) is 4.27. The fourth-order valence-electron chi connectivity index (χ4n) is 2.84. The lowest BCUT2D eigenvalue weighted by Gasteiger charge is -2.11. The molecule has 0 spiro atoms. The molecule has 1 unspecified atom stereocenters. The van der Waals surface area contributed by atoms with Crippen LogP contribution in [0.5, 0.6) is 5.75 Å². The Hall–Kier alpha value is -2.67. The van der Waals surface area contributed by atoms with Gasteiger partial charge in [0.25, 0.3) is 5.91 Å². The maximum Gasteiger partial charge on any atom is 0.270 e. The van der Waals surface area contributed by atoms with E-state index in [1.807, 2.05) is 24.3 Å². The van der Waals surface area contributed by atoms with Crippen LogP contribution in [0.25, 0.3) is 0 Å². The normalized spacial score (nSPS) is 16.3. The van der Waals surface area contributed by atoms with Gasteiger partial charge >= 0.3 is 0 Å². The molecule has 1 saturated heterocycles. The van der Waals surface area contributed by atoms with Crippen molar-refractivity contribution in [1.29, 1.82) is 0 Å². The summed E-state index contributed by atoms with van der Waals surface area (Å²) in [6, 6.07) is 9.61. The van der Waals surface area contributed by atoms with E-state index in [9.17, 15) is 4.79 Å². The van der Waals surface area contributed by atoms with Crippen LogP contribution >= 0.6 is 0 Å². The van der Waals surface area contributed by atoms with Crippen molar-refractivity contribution in [2.24, 2.45) is 0 Å². The lowest BCUT2D eigenvalue weighted by Crippen LogP contribution is -2.32. The minimum absolute atomic E-state index is 0.112. The second kappa shape index (κ2) is 9.15. The molecule has 2 heterocycles. The molecule has 2 N–H and O–H groups in total. The van der Waals surface area contributed by atoms with Gasteiger partial charge in [-0.2, -0.15) is 0 Å². The average molecular weight is 356 g/mol. The van der Waals surface area contributed by atoms with Crippen molar-refractivity contribution in [2.75, 3.05) is 32.1 Å². The molecule has 0 saturated carbocycles. The number of amides is 1. The number of methoxy groups -OCH3 is 1. The summed E-state index contributed by atoms with van der Waals surface area (Å²) < 4.78 is 10.7. The van der Waals surface area contributed by atoms with Gasteiger partial charge in [-0.1, -0.05) is 12.1 Å². The molecular weight excluding hydrogens is 332 g/mol. The van der Waals surface area contributed by atoms with Crippen molar-refractivity contribution in [2.45, 2.75) is 25.4 Å². The van der Waals surface area contributed by atoms with Crippen molar-refractivity contribution in [3.63, 3.8) is 0 Å². The first-order valence-electron chi connectivity index (χ1n) is 8.83. The number of hydrogen-bond acceptors (Lipinski definition) is 6. The zero-order chi connectivity index (χ0) is 18.2. The van der Waals surface area contributed by atoms with Gasteiger partial charge in [0.1, 0.15) is 23.6 Å². The van der Waals surface area contributed by atoms with Crippen LogP contribution in [0.3, 0.4) is 0 Å². The first-order chi connectivity index (χ1) is 12.7. The molecule has 0 bridgehead atoms. The number of nitrogens with one attached hydrogen (secondary N) is 2. The molecule has 26 heavy (non-hydrogen) atoms. The second-order valence-electron chi connectivity index (χ2n) is 6.16. The van der Waals surface area contributed by atoms with Gasteiger partial charge in [-0.05, 0) is 37.0 Å². The van der Waals surface area contributed by atoms with Crippen LogP contribution in [-0.2, 0) is 11.2 Å². The molecule has 1 atom stereocenters. The predicted octanol–water partition coefficient (Wildman–Crippen LogP) is 2.05. The minimum atomic E-state index is -0.209. The largest absolute Gasteiger partial charge is 0.497 e. The van der Waals surface area contributed by atoms with E-state index in [0.29, 0.717) is 24.6 Å². The van der Waals surface area contributed by atoms with Gasteiger partial charge in [0.2, 0.25) is 0 Å². The summed E-state index contributed by atoms with van der Waals surface area (Å²) in [6.45, 7) is 1.98. The van der Waals surface area contributed by atoms with E-state index in [2.05, 4.69) is 20.6 Å². The molecule has 7 nitrogen and oxygen atoms in total. The second-order valence-corrected chi connectivity index (χ2v) is 6.16. The van der Waals surface area contributed by atoms with Gasteiger partial charge in [-0.15, -0.1) is 0 Å². The Kier molecular flexibility index (Phi) is 6.38. The molecule has 1 aromatic heterocycles. The van der Waals surface area contributed by atoms with Gasteiger partial charge < -0.3 is 20.1 Å². The standard InChI is InChI=1S/C19H24N4O3/c1-25-15-5-2-4-14(10-15)7-8-20-18-11-17(22-13-23-18)19(24)21-12-16-6-3-9-26-16/h2,4-5,10-11,13,16H,3,6-9,12H2,1H3,(H,21,24)(H,20,22,23). The van der Waals surface area contributed by atoms with Crippen molar-refractivity contribution in [1.82, 2.24) is 15.3 Å². The number of ether oxygens (including phenoxy) is 2. The summed E-state index contributed by atoms with van der Waals surface area (Å²) in [5, 5.41) is 6.09. The molecule has 0 radical (unpaired) electrons. The van der Waals surface area contributed by atoms with E-state index in [0.717, 1.165) is 31.6 Å². The lowest BCUT2D eigenvalue weighted by molar-refractivity contribution is 0.0853. The highest BCUT2D eigenvalue weighted by Crippen LogP contribution is 2.13. The van der Waals surface area contributed by atoms with Crippen molar-refractivity contribution in [3.05, 3.63) is 47.9 Å². The summed E-state index contributed by atoms with van der Waals surface area (Å²) in [5.41, 5.74) is 1.52. The number of rotatable bonds is 8. The lowest BCUT2D eigenvalue weighted by atomic mass is 10.1. The van der Waals surface area contributed by atoms with Crippen LogP contribution < -0.4 is 15.4 Å². The maximum absolute atomic E-state index is 12.2. The van der Waals surface area contributed by atoms with Gasteiger partial charge in [0.15, 0.2) is 0 Å². The zero-order valence-electron chi connectivity index (χ0n) is 14.9. The average Bonchev–Trinajstić information content (AvgIpc) is 3.20. The van der Waals surface area contributed by atoms with E-state index in [-0.39, 0.29) is 12.0 Å². The third kappa shape index (κ3) is 5.16. The quantitative estimate of drug-likeness (QED) is 0.753. The van der Waals surface area contributed by atoms with Gasteiger partial charge in [-0.25, -0.2) is 9.97 Å². The van der Waals surface area contributed by atoms with E-state index in [1.165, 1.54) is 11.9 Å². The van der Waals surface area contributed by atoms with Crippen LogP contribution in [0.4, 0.5) is 5.82 Å². The first kappa shape index (κ1) is 18.1. The highest BCUT2D eigenvalue weighted by molar-refractivity contribution is 5.92. The first-order valence-corrected chi connectivity index (χ1v) is 8.83. The van der Waals surface area contributed by atoms with Crippen LogP contribution in [0, 0.1) is 0 Å². The van der Waals surface area contributed by atoms with Crippen molar-refractivity contribution in [3.8, 4) is 5.75 Å². The molecule has 3 rings (SSSR count). The molecule has 1 aliphatic rings. The van der Waals surface area contributed by atoms with Crippen LogP contribution in [0.15, 0.2) is 36.7 Å². The Labute approximate surface area is 153 Å². The van der Waals surface area contributed by atoms with E-state index < -0.39 is 0 Å². The highest BCUT2D eigenvalue weighted by atomic mass is 16.5. The van der Waals surface area contributed by atoms with Gasteiger partial charge in [0.05, 0.1) is 13.2 Å². The molecule has 138 valence electrons. The molecule has 1 amide bonds. The Morgan fingerprint density at radius 1 is 1.35 bits per heavy atom. The summed E-state index contributed by atoms with van der Waals surface area (Å²) in [4.78, 5) is 20.4. The number of hydrogen-bond donors (Lipinski definition) is 2. The van der Waals surface area contributed by atoms with E-state index in [4.69, 9.17) is 9.47 Å². The Morgan fingerprint density at radius 3 is 3.08 bits per heavy atom. The SMILES string of the molecule is COc1cccc(CCNc2cc(C(=O)NCC3CCCO3)ncn2)c1. The summed E-state index contributed by atoms with van der Waals surface area (Å²) in [6.07, 6.45) is 4.37. The number of nitrogens with zero attached hydrogens (tertiary/aromatic N) is 2. The van der Waals surface area contributed by atoms with Crippen molar-refractivity contribution < 1.29 is 14.3 Å². The Bertz CT molecular complexity index is 732. The minimum Gasteiger partial charge on any atom is -0.497 e. The molecule has 2 aromatic rings. The fourth-order valence-corrected chi connectivity index (χ4v) is 2.84. The fraction of sp³-hybridized carbons (Fsp3) is 0.421. The molecule has 7 heteroatoms. The summed E-state index contributed by atoms with van der Waals surface area (Å²) >= 11 is 0. The smallest absolute Gasteiger partial charge is 0.270 e. The maximum atomic E-state index is 12.2. The van der Waals surface area contributed by atoms with Crippen molar-refractivity contribution >= 4 is 11.7 Å². The number of anilines is 1. The van der Waals surface area contributed by atoms with Crippen LogP contribution in [0.2, 0.25) is 0 Å². The predicted molar refractivity (Wildman–Crippen MR) is 98.5 cm³/mol. The topological polar surface area (TPSA) is 85.4 Å². The van der Waals surface area contributed by atoms with E-state index in [1.54, 1.807) is 13.2 Å². The monoisotopic (exact) mass is 356 g/mol. The number of carbonyl (C=O) groups excluding carboxylic acids is 1.